The van der Waals surface area contributed by atoms with E-state index in [2.05, 4.69) is 46.3 Å². The van der Waals surface area contributed by atoms with Crippen molar-refractivity contribution in [3.63, 3.8) is 0 Å². The van der Waals surface area contributed by atoms with Gasteiger partial charge in [-0.25, -0.2) is 4.98 Å². The molecule has 0 radical (unpaired) electrons. The van der Waals surface area contributed by atoms with Gasteiger partial charge in [-0.3, -0.25) is 14.4 Å². The van der Waals surface area contributed by atoms with Crippen molar-refractivity contribution in [2.45, 2.75) is 19.9 Å². The third-order valence-corrected chi connectivity index (χ3v) is 5.41. The average molecular weight is 357 g/mol. The van der Waals surface area contributed by atoms with Crippen molar-refractivity contribution in [3.8, 4) is 0 Å². The van der Waals surface area contributed by atoms with Gasteiger partial charge in [0.05, 0.1) is 23.4 Å². The summed E-state index contributed by atoms with van der Waals surface area (Å²) in [5.41, 5.74) is 7.41. The Labute approximate surface area is 156 Å². The molecule has 2 aromatic heterocycles. The van der Waals surface area contributed by atoms with Gasteiger partial charge in [0.25, 0.3) is 5.91 Å². The summed E-state index contributed by atoms with van der Waals surface area (Å²) in [5.74, 6) is -0.0712. The number of rotatable bonds is 2. The van der Waals surface area contributed by atoms with Crippen LogP contribution in [0.25, 0.3) is 11.0 Å². The molecule has 1 atom stereocenters. The second-order valence-electron chi connectivity index (χ2n) is 7.06. The maximum absolute atomic E-state index is 13.3. The number of H-pyrrole nitrogens is 1. The van der Waals surface area contributed by atoms with Gasteiger partial charge in [0, 0.05) is 24.0 Å². The van der Waals surface area contributed by atoms with Crippen molar-refractivity contribution in [2.24, 2.45) is 7.05 Å². The first-order valence-electron chi connectivity index (χ1n) is 8.91. The largest absolute Gasteiger partial charge is 0.345 e. The van der Waals surface area contributed by atoms with Crippen LogP contribution >= 0.6 is 0 Å². The first-order chi connectivity index (χ1) is 13.0. The molecule has 1 aliphatic heterocycles. The normalized spacial score (nSPS) is 16.3. The van der Waals surface area contributed by atoms with Crippen molar-refractivity contribution >= 4 is 22.6 Å². The number of aromatic nitrogens is 4. The monoisotopic (exact) mass is 357 g/mol. The van der Waals surface area contributed by atoms with Crippen molar-refractivity contribution < 1.29 is 4.79 Å². The van der Waals surface area contributed by atoms with Gasteiger partial charge in [0.1, 0.15) is 0 Å². The van der Waals surface area contributed by atoms with Crippen LogP contribution in [-0.2, 0) is 7.05 Å². The standard InChI is InChI=1S/C21H19N5O/c1-12-4-6-14(7-5-12)20-18-13(2)25(3)24-19(18)21(27)26(20)15-8-9-16-17(10-15)23-11-22-16/h4-11,20H,1-3H3,(H,22,23). The minimum absolute atomic E-state index is 0.0712. The number of hydrogen-bond donors (Lipinski definition) is 1. The van der Waals surface area contributed by atoms with Gasteiger partial charge in [-0.15, -0.1) is 0 Å². The number of imidazole rings is 1. The van der Waals surface area contributed by atoms with E-state index in [4.69, 9.17) is 0 Å². The number of hydrogen-bond acceptors (Lipinski definition) is 3. The fraction of sp³-hybridized carbons (Fsp3) is 0.190. The number of nitrogens with one attached hydrogen (secondary N) is 1. The lowest BCUT2D eigenvalue weighted by Gasteiger charge is -2.26. The lowest BCUT2D eigenvalue weighted by atomic mass is 9.98. The second-order valence-corrected chi connectivity index (χ2v) is 7.06. The van der Waals surface area contributed by atoms with Crippen LogP contribution in [-0.4, -0.2) is 25.7 Å². The predicted molar refractivity (Wildman–Crippen MR) is 104 cm³/mol. The molecule has 1 aliphatic rings. The predicted octanol–water partition coefficient (Wildman–Crippen LogP) is 3.66. The quantitative estimate of drug-likeness (QED) is 0.595. The Hall–Kier alpha value is -3.41. The molecule has 0 saturated heterocycles. The molecule has 2 aromatic carbocycles. The Morgan fingerprint density at radius 1 is 1.07 bits per heavy atom. The van der Waals surface area contributed by atoms with Crippen LogP contribution in [0.1, 0.15) is 38.9 Å². The molecular formula is C21H19N5O. The van der Waals surface area contributed by atoms with Crippen LogP contribution in [0.2, 0.25) is 0 Å². The van der Waals surface area contributed by atoms with Crippen LogP contribution in [0.15, 0.2) is 48.8 Å². The molecule has 6 heteroatoms. The topological polar surface area (TPSA) is 66.8 Å². The van der Waals surface area contributed by atoms with E-state index >= 15 is 0 Å². The maximum Gasteiger partial charge on any atom is 0.280 e. The number of anilines is 1. The Morgan fingerprint density at radius 3 is 2.63 bits per heavy atom. The molecule has 27 heavy (non-hydrogen) atoms. The minimum atomic E-state index is -0.192. The van der Waals surface area contributed by atoms with Crippen molar-refractivity contribution in [1.29, 1.82) is 0 Å². The number of aromatic amines is 1. The smallest absolute Gasteiger partial charge is 0.280 e. The Balaban J connectivity index is 1.73. The lowest BCUT2D eigenvalue weighted by molar-refractivity contribution is 0.0988. The summed E-state index contributed by atoms with van der Waals surface area (Å²) < 4.78 is 1.79. The van der Waals surface area contributed by atoms with Crippen molar-refractivity contribution in [1.82, 2.24) is 19.7 Å². The summed E-state index contributed by atoms with van der Waals surface area (Å²) in [6.45, 7) is 4.08. The van der Waals surface area contributed by atoms with E-state index in [1.54, 1.807) is 11.0 Å². The Morgan fingerprint density at radius 2 is 1.85 bits per heavy atom. The number of carbonyl (C=O) groups is 1. The first kappa shape index (κ1) is 15.8. The van der Waals surface area contributed by atoms with E-state index in [0.29, 0.717) is 5.69 Å². The number of nitrogens with zero attached hydrogens (tertiary/aromatic N) is 4. The molecule has 0 saturated carbocycles. The van der Waals surface area contributed by atoms with Gasteiger partial charge in [-0.2, -0.15) is 5.10 Å². The summed E-state index contributed by atoms with van der Waals surface area (Å²) in [4.78, 5) is 22.6. The van der Waals surface area contributed by atoms with Crippen LogP contribution < -0.4 is 4.90 Å². The maximum atomic E-state index is 13.3. The second kappa shape index (κ2) is 5.54. The number of carbonyl (C=O) groups excluding carboxylic acids is 1. The number of benzene rings is 2. The van der Waals surface area contributed by atoms with Gasteiger partial charge in [0.15, 0.2) is 5.69 Å². The van der Waals surface area contributed by atoms with Gasteiger partial charge in [-0.1, -0.05) is 29.8 Å². The number of fused-ring (bicyclic) bond motifs is 2. The lowest BCUT2D eigenvalue weighted by Crippen LogP contribution is -2.29. The van der Waals surface area contributed by atoms with Crippen LogP contribution in [0, 0.1) is 13.8 Å². The van der Waals surface area contributed by atoms with Gasteiger partial charge in [-0.05, 0) is 37.6 Å². The fourth-order valence-electron chi connectivity index (χ4n) is 3.87. The molecule has 134 valence electrons. The minimum Gasteiger partial charge on any atom is -0.345 e. The molecule has 1 amide bonds. The first-order valence-corrected chi connectivity index (χ1v) is 8.91. The zero-order valence-corrected chi connectivity index (χ0v) is 15.4. The zero-order valence-electron chi connectivity index (χ0n) is 15.4. The summed E-state index contributed by atoms with van der Waals surface area (Å²) in [5, 5.41) is 4.50. The van der Waals surface area contributed by atoms with E-state index in [9.17, 15) is 4.79 Å². The van der Waals surface area contributed by atoms with E-state index in [1.807, 2.05) is 37.1 Å². The third-order valence-electron chi connectivity index (χ3n) is 5.41. The van der Waals surface area contributed by atoms with Gasteiger partial charge < -0.3 is 4.98 Å². The average Bonchev–Trinajstić information content (AvgIpc) is 3.32. The van der Waals surface area contributed by atoms with E-state index in [0.717, 1.165) is 33.5 Å². The molecule has 3 heterocycles. The van der Waals surface area contributed by atoms with Gasteiger partial charge >= 0.3 is 0 Å². The van der Waals surface area contributed by atoms with Crippen LogP contribution in [0.3, 0.4) is 0 Å². The van der Waals surface area contributed by atoms with Crippen LogP contribution in [0.5, 0.6) is 0 Å². The molecule has 0 spiro atoms. The zero-order chi connectivity index (χ0) is 18.7. The number of aryl methyl sites for hydroxylation is 2. The molecule has 0 fully saturated rings. The van der Waals surface area contributed by atoms with Crippen molar-refractivity contribution in [2.75, 3.05) is 4.90 Å². The van der Waals surface area contributed by atoms with Crippen LogP contribution in [0.4, 0.5) is 5.69 Å². The molecule has 5 rings (SSSR count). The molecule has 0 bridgehead atoms. The molecule has 4 aromatic rings. The highest BCUT2D eigenvalue weighted by atomic mass is 16.2. The highest BCUT2D eigenvalue weighted by Gasteiger charge is 2.43. The molecular weight excluding hydrogens is 338 g/mol. The summed E-state index contributed by atoms with van der Waals surface area (Å²) in [6.07, 6.45) is 1.66. The van der Waals surface area contributed by atoms with E-state index in [-0.39, 0.29) is 11.9 Å². The SMILES string of the molecule is Cc1ccc(C2c3c(nn(C)c3C)C(=O)N2c2ccc3nc[nH]c3c2)cc1. The fourth-order valence-corrected chi connectivity index (χ4v) is 3.87. The molecule has 6 nitrogen and oxygen atoms in total. The van der Waals surface area contributed by atoms with E-state index < -0.39 is 0 Å². The van der Waals surface area contributed by atoms with Crippen molar-refractivity contribution in [3.05, 3.63) is 76.9 Å². The van der Waals surface area contributed by atoms with E-state index in [1.165, 1.54) is 5.56 Å². The summed E-state index contributed by atoms with van der Waals surface area (Å²) in [7, 11) is 1.88. The highest BCUT2D eigenvalue weighted by molar-refractivity contribution is 6.11. The molecule has 1 unspecified atom stereocenters. The Bertz CT molecular complexity index is 1190. The Kier molecular flexibility index (Phi) is 3.25. The summed E-state index contributed by atoms with van der Waals surface area (Å²) in [6, 6.07) is 14.0. The highest BCUT2D eigenvalue weighted by Crippen LogP contribution is 2.43. The summed E-state index contributed by atoms with van der Waals surface area (Å²) >= 11 is 0. The third kappa shape index (κ3) is 2.23. The molecule has 1 N–H and O–H groups in total. The number of amides is 1. The molecule has 0 aliphatic carbocycles. The van der Waals surface area contributed by atoms with Gasteiger partial charge in [0.2, 0.25) is 0 Å².